The number of nitrogens with one attached hydrogen (secondary N) is 1. The molecule has 1 spiro atoms. The number of nitrogens with two attached hydrogens (primary N) is 1. The number of aromatic nitrogens is 1. The number of anilines is 1. The topological polar surface area (TPSA) is 97.4 Å². The molecule has 10 heteroatoms. The lowest BCUT2D eigenvalue weighted by molar-refractivity contribution is -0.192. The van der Waals surface area contributed by atoms with Gasteiger partial charge in [0.1, 0.15) is 0 Å². The standard InChI is InChI=1S/C13H18BrN3O.C2HF3O2/c1-17-7-10(14)11(2-12(17)18)16-9-5-13(6-9)3-8(15)4-13;3-2(4,5)1(6)7/h2,7-9,16H,3-6,15H2,1H3;(H,6,7). The first kappa shape index (κ1) is 19.8. The van der Waals surface area contributed by atoms with E-state index in [1.54, 1.807) is 23.9 Å². The van der Waals surface area contributed by atoms with Crippen LogP contribution in [0.3, 0.4) is 0 Å². The van der Waals surface area contributed by atoms with E-state index in [-0.39, 0.29) is 5.56 Å². The van der Waals surface area contributed by atoms with E-state index in [0.29, 0.717) is 17.5 Å². The van der Waals surface area contributed by atoms with Gasteiger partial charge >= 0.3 is 12.1 Å². The number of aryl methyl sites for hydroxylation is 1. The lowest BCUT2D eigenvalue weighted by atomic mass is 9.52. The number of hydrogen-bond acceptors (Lipinski definition) is 4. The summed E-state index contributed by atoms with van der Waals surface area (Å²) < 4.78 is 34.2. The van der Waals surface area contributed by atoms with E-state index in [2.05, 4.69) is 21.2 Å². The molecular formula is C15H19BrF3N3O3. The molecule has 0 radical (unpaired) electrons. The molecule has 1 aromatic heterocycles. The molecule has 4 N–H and O–H groups in total. The Bertz CT molecular complexity index is 706. The van der Waals surface area contributed by atoms with Crippen LogP contribution in [0.15, 0.2) is 21.5 Å². The van der Waals surface area contributed by atoms with Crippen molar-refractivity contribution in [1.82, 2.24) is 4.57 Å². The molecule has 0 aliphatic heterocycles. The summed E-state index contributed by atoms with van der Waals surface area (Å²) in [4.78, 5) is 20.5. The second-order valence-electron chi connectivity index (χ2n) is 6.70. The SMILES string of the molecule is Cn1cc(Br)c(NC2CC3(CC(N)C3)C2)cc1=O.O=C(O)C(F)(F)F. The Morgan fingerprint density at radius 1 is 1.40 bits per heavy atom. The zero-order valence-corrected chi connectivity index (χ0v) is 15.0. The Balaban J connectivity index is 0.000000277. The molecule has 0 aromatic carbocycles. The van der Waals surface area contributed by atoms with Crippen LogP contribution < -0.4 is 16.6 Å². The average molecular weight is 426 g/mol. The second-order valence-corrected chi connectivity index (χ2v) is 7.56. The van der Waals surface area contributed by atoms with Gasteiger partial charge in [0.2, 0.25) is 0 Å². The molecule has 140 valence electrons. The molecule has 2 aliphatic carbocycles. The molecule has 0 bridgehead atoms. The van der Waals surface area contributed by atoms with Crippen LogP contribution in [0.25, 0.3) is 0 Å². The number of carboxylic acids is 1. The lowest BCUT2D eigenvalue weighted by Crippen LogP contribution is -2.57. The fourth-order valence-electron chi connectivity index (χ4n) is 3.40. The van der Waals surface area contributed by atoms with Crippen molar-refractivity contribution in [3.63, 3.8) is 0 Å². The normalized spacial score (nSPS) is 27.6. The predicted octanol–water partition coefficient (Wildman–Crippen LogP) is 2.46. The minimum atomic E-state index is -5.08. The molecule has 1 heterocycles. The van der Waals surface area contributed by atoms with Crippen molar-refractivity contribution in [3.05, 3.63) is 27.1 Å². The fraction of sp³-hybridized carbons (Fsp3) is 0.600. The highest BCUT2D eigenvalue weighted by molar-refractivity contribution is 9.10. The van der Waals surface area contributed by atoms with Crippen LogP contribution in [-0.2, 0) is 11.8 Å². The van der Waals surface area contributed by atoms with Gasteiger partial charge in [-0.25, -0.2) is 4.79 Å². The van der Waals surface area contributed by atoms with E-state index in [1.807, 2.05) is 0 Å². The Morgan fingerprint density at radius 3 is 2.36 bits per heavy atom. The van der Waals surface area contributed by atoms with Gasteiger partial charge in [-0.1, -0.05) is 0 Å². The first-order valence-electron chi connectivity index (χ1n) is 7.60. The van der Waals surface area contributed by atoms with Crippen molar-refractivity contribution in [2.24, 2.45) is 18.2 Å². The number of rotatable bonds is 2. The molecule has 1 aromatic rings. The first-order valence-corrected chi connectivity index (χ1v) is 8.40. The molecule has 2 saturated carbocycles. The fourth-order valence-corrected chi connectivity index (χ4v) is 3.94. The highest BCUT2D eigenvalue weighted by Crippen LogP contribution is 2.56. The number of carboxylic acid groups (broad SMARTS) is 1. The van der Waals surface area contributed by atoms with Gasteiger partial charge in [0.15, 0.2) is 0 Å². The highest BCUT2D eigenvalue weighted by Gasteiger charge is 2.51. The molecule has 0 amide bonds. The largest absolute Gasteiger partial charge is 0.490 e. The van der Waals surface area contributed by atoms with Crippen molar-refractivity contribution in [2.45, 2.75) is 43.9 Å². The van der Waals surface area contributed by atoms with Crippen molar-refractivity contribution in [2.75, 3.05) is 5.32 Å². The van der Waals surface area contributed by atoms with E-state index < -0.39 is 12.1 Å². The van der Waals surface area contributed by atoms with Crippen LogP contribution in [0, 0.1) is 5.41 Å². The van der Waals surface area contributed by atoms with E-state index in [9.17, 15) is 18.0 Å². The molecular weight excluding hydrogens is 407 g/mol. The number of alkyl halides is 3. The minimum absolute atomic E-state index is 0.0143. The van der Waals surface area contributed by atoms with Gasteiger partial charge < -0.3 is 20.7 Å². The summed E-state index contributed by atoms with van der Waals surface area (Å²) in [5, 5.41) is 10.6. The Kier molecular flexibility index (Phi) is 5.53. The van der Waals surface area contributed by atoms with E-state index in [4.69, 9.17) is 15.6 Å². The molecule has 2 aliphatic rings. The quantitative estimate of drug-likeness (QED) is 0.675. The molecule has 25 heavy (non-hydrogen) atoms. The van der Waals surface area contributed by atoms with Crippen molar-refractivity contribution < 1.29 is 23.1 Å². The van der Waals surface area contributed by atoms with Gasteiger partial charge in [0, 0.05) is 31.4 Å². The first-order chi connectivity index (χ1) is 11.4. The van der Waals surface area contributed by atoms with E-state index >= 15 is 0 Å². The molecule has 6 nitrogen and oxygen atoms in total. The van der Waals surface area contributed by atoms with Crippen LogP contribution >= 0.6 is 15.9 Å². The van der Waals surface area contributed by atoms with Gasteiger partial charge in [-0.05, 0) is 47.0 Å². The number of aliphatic carboxylic acids is 1. The smallest absolute Gasteiger partial charge is 0.475 e. The molecule has 0 saturated heterocycles. The summed E-state index contributed by atoms with van der Waals surface area (Å²) >= 11 is 3.49. The number of pyridine rings is 1. The summed E-state index contributed by atoms with van der Waals surface area (Å²) in [5.41, 5.74) is 7.29. The molecule has 0 atom stereocenters. The predicted molar refractivity (Wildman–Crippen MR) is 89.4 cm³/mol. The second kappa shape index (κ2) is 6.99. The number of halogens is 4. The maximum absolute atomic E-state index is 11.6. The Morgan fingerprint density at radius 2 is 1.92 bits per heavy atom. The maximum Gasteiger partial charge on any atom is 0.490 e. The summed E-state index contributed by atoms with van der Waals surface area (Å²) in [6.45, 7) is 0. The lowest BCUT2D eigenvalue weighted by Gasteiger charge is -2.57. The van der Waals surface area contributed by atoms with Crippen molar-refractivity contribution >= 4 is 27.6 Å². The third-order valence-corrected chi connectivity index (χ3v) is 5.16. The molecule has 0 unspecified atom stereocenters. The van der Waals surface area contributed by atoms with Crippen LogP contribution in [0.4, 0.5) is 18.9 Å². The Hall–Kier alpha value is -1.55. The third kappa shape index (κ3) is 4.75. The monoisotopic (exact) mass is 425 g/mol. The third-order valence-electron chi connectivity index (χ3n) is 4.53. The summed E-state index contributed by atoms with van der Waals surface area (Å²) in [6, 6.07) is 2.56. The molecule has 3 rings (SSSR count). The Labute approximate surface area is 150 Å². The van der Waals surface area contributed by atoms with Crippen LogP contribution in [0.1, 0.15) is 25.7 Å². The minimum Gasteiger partial charge on any atom is -0.475 e. The zero-order valence-electron chi connectivity index (χ0n) is 13.4. The number of carbonyl (C=O) groups is 1. The van der Waals surface area contributed by atoms with Crippen molar-refractivity contribution in [1.29, 1.82) is 0 Å². The van der Waals surface area contributed by atoms with Gasteiger partial charge in [0.05, 0.1) is 10.2 Å². The van der Waals surface area contributed by atoms with E-state index in [0.717, 1.165) is 10.2 Å². The zero-order chi connectivity index (χ0) is 19.0. The summed E-state index contributed by atoms with van der Waals surface area (Å²) in [5.74, 6) is -2.76. The molecule has 2 fully saturated rings. The average Bonchev–Trinajstić information content (AvgIpc) is 2.40. The van der Waals surface area contributed by atoms with Gasteiger partial charge in [-0.15, -0.1) is 0 Å². The summed E-state index contributed by atoms with van der Waals surface area (Å²) in [6.07, 6.45) is 1.43. The van der Waals surface area contributed by atoms with Crippen LogP contribution in [0.2, 0.25) is 0 Å². The maximum atomic E-state index is 11.6. The number of hydrogen-bond donors (Lipinski definition) is 3. The van der Waals surface area contributed by atoms with E-state index in [1.165, 1.54) is 25.7 Å². The highest BCUT2D eigenvalue weighted by atomic mass is 79.9. The van der Waals surface area contributed by atoms with Crippen molar-refractivity contribution in [3.8, 4) is 0 Å². The van der Waals surface area contributed by atoms with Gasteiger partial charge in [-0.2, -0.15) is 13.2 Å². The van der Waals surface area contributed by atoms with Crippen LogP contribution in [-0.4, -0.2) is 33.9 Å². The number of nitrogens with zero attached hydrogens (tertiary/aromatic N) is 1. The van der Waals surface area contributed by atoms with Gasteiger partial charge in [-0.3, -0.25) is 4.79 Å². The summed E-state index contributed by atoms with van der Waals surface area (Å²) in [7, 11) is 1.75. The van der Waals surface area contributed by atoms with Crippen LogP contribution in [0.5, 0.6) is 0 Å². The van der Waals surface area contributed by atoms with Gasteiger partial charge in [0.25, 0.3) is 5.56 Å².